The molecule has 0 radical (unpaired) electrons. The van der Waals surface area contributed by atoms with Gasteiger partial charge in [0.15, 0.2) is 5.82 Å². The largest absolute Gasteiger partial charge is 0.442 e. The molecule has 0 aliphatic carbocycles. The van der Waals surface area contributed by atoms with E-state index in [0.29, 0.717) is 5.82 Å². The molecule has 0 aliphatic rings. The second-order valence-corrected chi connectivity index (χ2v) is 4.54. The number of benzene rings is 1. The summed E-state index contributed by atoms with van der Waals surface area (Å²) in [7, 11) is 3.20. The first-order chi connectivity index (χ1) is 9.47. The van der Waals surface area contributed by atoms with E-state index in [1.165, 1.54) is 21.6 Å². The molecule has 0 saturated heterocycles. The lowest BCUT2D eigenvalue weighted by Crippen LogP contribution is -2.31. The van der Waals surface area contributed by atoms with Crippen LogP contribution in [0.3, 0.4) is 0 Å². The van der Waals surface area contributed by atoms with E-state index in [0.717, 1.165) is 5.56 Å². The van der Waals surface area contributed by atoms with Crippen LogP contribution in [0.15, 0.2) is 33.6 Å². The van der Waals surface area contributed by atoms with E-state index in [2.05, 4.69) is 9.68 Å². The van der Waals surface area contributed by atoms with Crippen molar-refractivity contribution in [3.63, 3.8) is 0 Å². The monoisotopic (exact) mass is 279 g/mol. The quantitative estimate of drug-likeness (QED) is 0.824. The Morgan fingerprint density at radius 3 is 2.60 bits per heavy atom. The number of rotatable bonds is 4. The fraction of sp³-hybridized carbons (Fsp3) is 0.308. The number of carbonyl (C=O) groups excluding carboxylic acids is 1. The number of carbonyl (C=O) groups is 1. The summed E-state index contributed by atoms with van der Waals surface area (Å²) >= 11 is 0. The van der Waals surface area contributed by atoms with Gasteiger partial charge in [-0.2, -0.15) is 0 Å². The standard InChI is InChI=1S/C13H14FN3O3/c1-16(2)12(18)8-17-11(15-20-13(17)19)7-9-3-5-10(14)6-4-9/h3-6H,7-8H2,1-2H3. The van der Waals surface area contributed by atoms with Crippen LogP contribution >= 0.6 is 0 Å². The summed E-state index contributed by atoms with van der Waals surface area (Å²) < 4.78 is 18.6. The lowest BCUT2D eigenvalue weighted by Gasteiger charge is -2.10. The summed E-state index contributed by atoms with van der Waals surface area (Å²) in [5.74, 6) is -0.932. The van der Waals surface area contributed by atoms with E-state index in [9.17, 15) is 14.0 Å². The maximum atomic E-state index is 12.8. The molecule has 0 aliphatic heterocycles. The Morgan fingerprint density at radius 1 is 1.35 bits per heavy atom. The third-order valence-corrected chi connectivity index (χ3v) is 2.83. The van der Waals surface area contributed by atoms with Gasteiger partial charge in [0.2, 0.25) is 5.91 Å². The van der Waals surface area contributed by atoms with E-state index in [1.54, 1.807) is 26.2 Å². The van der Waals surface area contributed by atoms with Crippen molar-refractivity contribution in [1.29, 1.82) is 0 Å². The van der Waals surface area contributed by atoms with Gasteiger partial charge >= 0.3 is 5.76 Å². The van der Waals surface area contributed by atoms with E-state index < -0.39 is 5.76 Å². The molecule has 0 unspecified atom stereocenters. The van der Waals surface area contributed by atoms with Gasteiger partial charge in [0.1, 0.15) is 12.4 Å². The number of nitrogens with zero attached hydrogens (tertiary/aromatic N) is 3. The van der Waals surface area contributed by atoms with Gasteiger partial charge in [-0.05, 0) is 17.7 Å². The first-order valence-corrected chi connectivity index (χ1v) is 5.97. The Morgan fingerprint density at radius 2 is 2.00 bits per heavy atom. The second kappa shape index (κ2) is 5.68. The summed E-state index contributed by atoms with van der Waals surface area (Å²) in [5, 5.41) is 3.66. The van der Waals surface area contributed by atoms with Crippen molar-refractivity contribution in [3.05, 3.63) is 52.0 Å². The van der Waals surface area contributed by atoms with E-state index in [4.69, 9.17) is 0 Å². The van der Waals surface area contributed by atoms with Crippen LogP contribution in [-0.4, -0.2) is 34.6 Å². The topological polar surface area (TPSA) is 68.3 Å². The molecule has 106 valence electrons. The van der Waals surface area contributed by atoms with Crippen molar-refractivity contribution in [2.75, 3.05) is 14.1 Å². The first kappa shape index (κ1) is 14.0. The van der Waals surface area contributed by atoms with E-state index in [-0.39, 0.29) is 24.7 Å². The zero-order chi connectivity index (χ0) is 14.7. The molecule has 6 nitrogen and oxygen atoms in total. The SMILES string of the molecule is CN(C)C(=O)Cn1c(Cc2ccc(F)cc2)noc1=O. The van der Waals surface area contributed by atoms with Crippen LogP contribution in [0.4, 0.5) is 4.39 Å². The molecule has 0 fully saturated rings. The second-order valence-electron chi connectivity index (χ2n) is 4.54. The Balaban J connectivity index is 2.22. The molecular formula is C13H14FN3O3. The lowest BCUT2D eigenvalue weighted by molar-refractivity contribution is -0.129. The van der Waals surface area contributed by atoms with E-state index in [1.807, 2.05) is 0 Å². The Hall–Kier alpha value is -2.44. The third-order valence-electron chi connectivity index (χ3n) is 2.83. The number of likely N-dealkylation sites (N-methyl/N-ethyl adjacent to an activating group) is 1. The van der Waals surface area contributed by atoms with Gasteiger partial charge in [-0.25, -0.2) is 9.18 Å². The van der Waals surface area contributed by atoms with Crippen molar-refractivity contribution in [2.24, 2.45) is 0 Å². The molecule has 7 heteroatoms. The number of hydrogen-bond donors (Lipinski definition) is 0. The predicted molar refractivity (Wildman–Crippen MR) is 68.7 cm³/mol. The number of aromatic nitrogens is 2. The zero-order valence-electron chi connectivity index (χ0n) is 11.2. The summed E-state index contributed by atoms with van der Waals surface area (Å²) in [5.41, 5.74) is 0.769. The van der Waals surface area contributed by atoms with Crippen molar-refractivity contribution in [1.82, 2.24) is 14.6 Å². The molecule has 0 atom stereocenters. The maximum Gasteiger partial charge on any atom is 0.442 e. The van der Waals surface area contributed by atoms with Crippen molar-refractivity contribution < 1.29 is 13.7 Å². The van der Waals surface area contributed by atoms with Gasteiger partial charge in [-0.15, -0.1) is 0 Å². The van der Waals surface area contributed by atoms with Gasteiger partial charge < -0.3 is 4.90 Å². The molecule has 0 bridgehead atoms. The van der Waals surface area contributed by atoms with E-state index >= 15 is 0 Å². The minimum absolute atomic E-state index is 0.133. The van der Waals surface area contributed by atoms with Gasteiger partial charge in [-0.3, -0.25) is 13.9 Å². The molecule has 1 heterocycles. The Bertz CT molecular complexity index is 658. The van der Waals surface area contributed by atoms with Gasteiger partial charge in [0, 0.05) is 20.5 Å². The number of hydrogen-bond acceptors (Lipinski definition) is 4. The summed E-state index contributed by atoms with van der Waals surface area (Å²) in [6.07, 6.45) is 0.284. The van der Waals surface area contributed by atoms with Crippen molar-refractivity contribution in [3.8, 4) is 0 Å². The number of halogens is 1. The highest BCUT2D eigenvalue weighted by molar-refractivity contribution is 5.75. The van der Waals surface area contributed by atoms with Crippen LogP contribution in [0.25, 0.3) is 0 Å². The summed E-state index contributed by atoms with van der Waals surface area (Å²) in [6, 6.07) is 5.82. The lowest BCUT2D eigenvalue weighted by atomic mass is 10.1. The van der Waals surface area contributed by atoms with Gasteiger partial charge in [0.25, 0.3) is 0 Å². The fourth-order valence-electron chi connectivity index (χ4n) is 1.64. The first-order valence-electron chi connectivity index (χ1n) is 5.97. The molecule has 1 amide bonds. The molecule has 1 aromatic heterocycles. The molecule has 20 heavy (non-hydrogen) atoms. The normalized spacial score (nSPS) is 10.6. The molecule has 1 aromatic carbocycles. The fourth-order valence-corrected chi connectivity index (χ4v) is 1.64. The van der Waals surface area contributed by atoms with Crippen molar-refractivity contribution in [2.45, 2.75) is 13.0 Å². The van der Waals surface area contributed by atoms with Crippen LogP contribution in [0, 0.1) is 5.82 Å². The summed E-state index contributed by atoms with van der Waals surface area (Å²) in [6.45, 7) is -0.133. The maximum absolute atomic E-state index is 12.8. The highest BCUT2D eigenvalue weighted by atomic mass is 19.1. The van der Waals surface area contributed by atoms with Crippen molar-refractivity contribution >= 4 is 5.91 Å². The minimum Gasteiger partial charge on any atom is -0.347 e. The number of amides is 1. The highest BCUT2D eigenvalue weighted by Gasteiger charge is 2.15. The van der Waals surface area contributed by atoms with Gasteiger partial charge in [-0.1, -0.05) is 17.3 Å². The van der Waals surface area contributed by atoms with Crippen LogP contribution in [0.5, 0.6) is 0 Å². The highest BCUT2D eigenvalue weighted by Crippen LogP contribution is 2.08. The van der Waals surface area contributed by atoms with Crippen LogP contribution in [0.1, 0.15) is 11.4 Å². The predicted octanol–water partition coefficient (Wildman–Crippen LogP) is 0.654. The molecule has 0 N–H and O–H groups in total. The van der Waals surface area contributed by atoms with Crippen LogP contribution < -0.4 is 5.76 Å². The minimum atomic E-state index is -0.683. The Labute approximate surface area is 114 Å². The summed E-state index contributed by atoms with van der Waals surface area (Å²) in [4.78, 5) is 24.6. The van der Waals surface area contributed by atoms with Crippen LogP contribution in [-0.2, 0) is 17.8 Å². The third kappa shape index (κ3) is 3.11. The molecule has 0 saturated carbocycles. The average Bonchev–Trinajstić information content (AvgIpc) is 2.74. The molecule has 2 aromatic rings. The van der Waals surface area contributed by atoms with Crippen LogP contribution in [0.2, 0.25) is 0 Å². The Kier molecular flexibility index (Phi) is 3.97. The van der Waals surface area contributed by atoms with Gasteiger partial charge in [0.05, 0.1) is 0 Å². The zero-order valence-corrected chi connectivity index (χ0v) is 11.2. The molecule has 0 spiro atoms. The average molecular weight is 279 g/mol. The molecule has 2 rings (SSSR count). The molecular weight excluding hydrogens is 265 g/mol. The smallest absolute Gasteiger partial charge is 0.347 e.